The number of anilines is 1. The van der Waals surface area contributed by atoms with E-state index in [0.29, 0.717) is 4.31 Å². The molecule has 0 aliphatic heterocycles. The third-order valence-electron chi connectivity index (χ3n) is 2.62. The molecule has 0 heterocycles. The normalized spacial score (nSPS) is 12.9. The number of hydrazine groups is 1. The smallest absolute Gasteiger partial charge is 0.252 e. The predicted octanol–water partition coefficient (Wildman–Crippen LogP) is 0.261. The zero-order valence-corrected chi connectivity index (χ0v) is 12.9. The summed E-state index contributed by atoms with van der Waals surface area (Å²) >= 11 is 0. The number of halogens is 2. The van der Waals surface area contributed by atoms with Crippen molar-refractivity contribution >= 4 is 25.5 Å². The Morgan fingerprint density at radius 2 is 1.86 bits per heavy atom. The number of rotatable bonds is 6. The van der Waals surface area contributed by atoms with Crippen LogP contribution in [-0.4, -0.2) is 47.4 Å². The van der Waals surface area contributed by atoms with Crippen LogP contribution in [0.4, 0.5) is 14.5 Å². The van der Waals surface area contributed by atoms with E-state index < -0.39 is 37.7 Å². The van der Waals surface area contributed by atoms with E-state index in [0.717, 1.165) is 31.5 Å². The first-order chi connectivity index (χ1) is 9.50. The van der Waals surface area contributed by atoms with E-state index in [1.165, 1.54) is 0 Å². The minimum atomic E-state index is -4.31. The Hall–Kier alpha value is -1.30. The maximum Gasteiger partial charge on any atom is 0.252 e. The molecule has 1 aromatic carbocycles. The van der Waals surface area contributed by atoms with Crippen LogP contribution in [0, 0.1) is 0 Å². The Morgan fingerprint density at radius 1 is 1.29 bits per heavy atom. The van der Waals surface area contributed by atoms with Crippen LogP contribution in [0.25, 0.3) is 0 Å². The van der Waals surface area contributed by atoms with Crippen LogP contribution in [0.3, 0.4) is 0 Å². The van der Waals surface area contributed by atoms with E-state index in [2.05, 4.69) is 5.43 Å². The number of sulfone groups is 1. The van der Waals surface area contributed by atoms with E-state index in [1.807, 2.05) is 0 Å². The van der Waals surface area contributed by atoms with E-state index in [-0.39, 0.29) is 10.6 Å². The largest absolute Gasteiger partial charge is 0.323 e. The molecule has 0 aliphatic rings. The second kappa shape index (κ2) is 6.22. The molecule has 0 fully saturated rings. The van der Waals surface area contributed by atoms with Crippen LogP contribution in [0.5, 0.6) is 0 Å². The number of alkyl halides is 2. The first-order valence-corrected chi connectivity index (χ1v) is 8.88. The van der Waals surface area contributed by atoms with Crippen molar-refractivity contribution in [2.24, 2.45) is 5.84 Å². The van der Waals surface area contributed by atoms with Gasteiger partial charge < -0.3 is 5.43 Å². The average molecular weight is 343 g/mol. The molecule has 7 nitrogen and oxygen atoms in total. The average Bonchev–Trinajstić information content (AvgIpc) is 2.35. The van der Waals surface area contributed by atoms with Gasteiger partial charge in [0.25, 0.3) is 6.43 Å². The lowest BCUT2D eigenvalue weighted by Gasteiger charge is -2.19. The van der Waals surface area contributed by atoms with Gasteiger partial charge in [0.2, 0.25) is 10.0 Å². The Bertz CT molecular complexity index is 720. The molecule has 1 aromatic rings. The van der Waals surface area contributed by atoms with Gasteiger partial charge in [-0.05, 0) is 18.2 Å². The Labute approximate surface area is 121 Å². The maximum absolute atomic E-state index is 12.3. The highest BCUT2D eigenvalue weighted by Crippen LogP contribution is 2.27. The van der Waals surface area contributed by atoms with Crippen molar-refractivity contribution < 1.29 is 25.6 Å². The van der Waals surface area contributed by atoms with Gasteiger partial charge in [-0.2, -0.15) is 4.31 Å². The van der Waals surface area contributed by atoms with Gasteiger partial charge in [-0.15, -0.1) is 0 Å². The van der Waals surface area contributed by atoms with E-state index in [1.54, 1.807) is 0 Å². The van der Waals surface area contributed by atoms with Crippen molar-refractivity contribution in [1.82, 2.24) is 4.31 Å². The molecule has 0 atom stereocenters. The SMILES string of the molecule is CN(CC(F)F)S(=O)(=O)c1cc(S(C)(=O)=O)ccc1NN. The molecule has 0 spiro atoms. The molecule has 3 N–H and O–H groups in total. The quantitative estimate of drug-likeness (QED) is 0.566. The molecule has 1 rings (SSSR count). The minimum Gasteiger partial charge on any atom is -0.323 e. The number of sulfonamides is 1. The monoisotopic (exact) mass is 343 g/mol. The Balaban J connectivity index is 3.46. The number of hydrogen-bond acceptors (Lipinski definition) is 6. The van der Waals surface area contributed by atoms with Crippen LogP contribution >= 0.6 is 0 Å². The fourth-order valence-corrected chi connectivity index (χ4v) is 3.57. The molecular weight excluding hydrogens is 328 g/mol. The summed E-state index contributed by atoms with van der Waals surface area (Å²) in [5.41, 5.74) is 2.01. The number of nitrogens with zero attached hydrogens (tertiary/aromatic N) is 1. The lowest BCUT2D eigenvalue weighted by Crippen LogP contribution is -2.32. The summed E-state index contributed by atoms with van der Waals surface area (Å²) in [5, 5.41) is 0. The van der Waals surface area contributed by atoms with Crippen molar-refractivity contribution in [1.29, 1.82) is 0 Å². The maximum atomic E-state index is 12.3. The van der Waals surface area contributed by atoms with Crippen molar-refractivity contribution in [3.63, 3.8) is 0 Å². The molecule has 0 aromatic heterocycles. The topological polar surface area (TPSA) is 110 Å². The van der Waals surface area contributed by atoms with Crippen LogP contribution in [0.2, 0.25) is 0 Å². The lowest BCUT2D eigenvalue weighted by atomic mass is 10.3. The van der Waals surface area contributed by atoms with Gasteiger partial charge >= 0.3 is 0 Å². The third kappa shape index (κ3) is 4.09. The van der Waals surface area contributed by atoms with Gasteiger partial charge in [0, 0.05) is 13.3 Å². The number of nitrogens with one attached hydrogen (secondary N) is 1. The first-order valence-electron chi connectivity index (χ1n) is 5.55. The summed E-state index contributed by atoms with van der Waals surface area (Å²) in [6, 6.07) is 3.19. The van der Waals surface area contributed by atoms with Crippen LogP contribution in [0.15, 0.2) is 28.0 Å². The van der Waals surface area contributed by atoms with Gasteiger partial charge in [0.1, 0.15) is 4.90 Å². The summed E-state index contributed by atoms with van der Waals surface area (Å²) in [4.78, 5) is -0.749. The van der Waals surface area contributed by atoms with Crippen LogP contribution in [-0.2, 0) is 19.9 Å². The molecule has 0 radical (unpaired) electrons. The highest BCUT2D eigenvalue weighted by molar-refractivity contribution is 7.91. The third-order valence-corrected chi connectivity index (χ3v) is 5.59. The van der Waals surface area contributed by atoms with Crippen LogP contribution in [0.1, 0.15) is 0 Å². The molecule has 0 saturated carbocycles. The molecule has 21 heavy (non-hydrogen) atoms. The molecule has 0 aliphatic carbocycles. The molecular formula is C10H15F2N3O4S2. The molecule has 0 bridgehead atoms. The van der Waals surface area contributed by atoms with Crippen molar-refractivity contribution in [3.05, 3.63) is 18.2 Å². The highest BCUT2D eigenvalue weighted by Gasteiger charge is 2.27. The summed E-state index contributed by atoms with van der Waals surface area (Å²) in [6.45, 7) is -1.02. The lowest BCUT2D eigenvalue weighted by molar-refractivity contribution is 0.126. The number of benzene rings is 1. The van der Waals surface area contributed by atoms with Gasteiger partial charge in [-0.3, -0.25) is 5.84 Å². The number of nitrogens with two attached hydrogens (primary N) is 1. The standard InChI is InChI=1S/C10H15F2N3O4S2/c1-15(6-10(11)12)21(18,19)9-5-7(20(2,16)17)3-4-8(9)14-13/h3-5,10,14H,6,13H2,1-2H3. The zero-order chi connectivity index (χ0) is 16.4. The number of nitrogen functional groups attached to an aromatic ring is 1. The van der Waals surface area contributed by atoms with Crippen molar-refractivity contribution in [2.75, 3.05) is 25.3 Å². The fraction of sp³-hybridized carbons (Fsp3) is 0.400. The first kappa shape index (κ1) is 17.8. The second-order valence-corrected chi connectivity index (χ2v) is 8.28. The summed E-state index contributed by atoms with van der Waals surface area (Å²) in [5.74, 6) is 5.18. The van der Waals surface area contributed by atoms with E-state index in [4.69, 9.17) is 5.84 Å². The van der Waals surface area contributed by atoms with Crippen molar-refractivity contribution in [3.8, 4) is 0 Å². The summed E-state index contributed by atoms with van der Waals surface area (Å²) < 4.78 is 72.5. The van der Waals surface area contributed by atoms with Gasteiger partial charge in [-0.25, -0.2) is 25.6 Å². The molecule has 0 unspecified atom stereocenters. The highest BCUT2D eigenvalue weighted by atomic mass is 32.2. The molecule has 11 heteroatoms. The predicted molar refractivity (Wildman–Crippen MR) is 73.2 cm³/mol. The summed E-state index contributed by atoms with van der Waals surface area (Å²) in [7, 11) is -7.01. The van der Waals surface area contributed by atoms with E-state index in [9.17, 15) is 25.6 Å². The summed E-state index contributed by atoms with van der Waals surface area (Å²) in [6.07, 6.45) is -1.96. The minimum absolute atomic E-state index is 0.0940. The molecule has 120 valence electrons. The van der Waals surface area contributed by atoms with E-state index >= 15 is 0 Å². The Kier molecular flexibility index (Phi) is 5.25. The van der Waals surface area contributed by atoms with Crippen molar-refractivity contribution in [2.45, 2.75) is 16.2 Å². The number of hydrogen-bond donors (Lipinski definition) is 2. The second-order valence-electron chi connectivity index (χ2n) is 4.25. The molecule has 0 amide bonds. The Morgan fingerprint density at radius 3 is 2.29 bits per heavy atom. The van der Waals surface area contributed by atoms with Gasteiger partial charge in [-0.1, -0.05) is 0 Å². The van der Waals surface area contributed by atoms with Gasteiger partial charge in [0.05, 0.1) is 17.1 Å². The van der Waals surface area contributed by atoms with Crippen LogP contribution < -0.4 is 11.3 Å². The fourth-order valence-electron chi connectivity index (χ4n) is 1.53. The zero-order valence-electron chi connectivity index (χ0n) is 11.2. The van der Waals surface area contributed by atoms with Gasteiger partial charge in [0.15, 0.2) is 9.84 Å². The molecule has 0 saturated heterocycles.